The molecule has 1 aromatic rings. The summed E-state index contributed by atoms with van der Waals surface area (Å²) in [5, 5.41) is 6.34. The molecule has 6 nitrogen and oxygen atoms in total. The zero-order chi connectivity index (χ0) is 15.6. The summed E-state index contributed by atoms with van der Waals surface area (Å²) in [6, 6.07) is 0. The topological polar surface area (TPSA) is 89.1 Å². The second kappa shape index (κ2) is 6.36. The van der Waals surface area contributed by atoms with Gasteiger partial charge in [0.15, 0.2) is 5.69 Å². The van der Waals surface area contributed by atoms with Gasteiger partial charge in [-0.05, 0) is 18.3 Å². The molecule has 0 amide bonds. The number of carbonyl (C=O) groups excluding carboxylic acids is 1. The highest BCUT2D eigenvalue weighted by Gasteiger charge is 2.30. The lowest BCUT2D eigenvalue weighted by Gasteiger charge is -2.24. The van der Waals surface area contributed by atoms with Crippen molar-refractivity contribution in [2.24, 2.45) is 5.92 Å². The second-order valence-corrected chi connectivity index (χ2v) is 8.13. The number of nitrogens with one attached hydrogen (secondary N) is 1. The number of esters is 1. The third-order valence-electron chi connectivity index (χ3n) is 3.75. The molecule has 118 valence electrons. The third kappa shape index (κ3) is 3.77. The molecular formula is C13H19ClN2O4S. The number of nitrogens with zero attached hydrogens (tertiary/aromatic N) is 1. The van der Waals surface area contributed by atoms with E-state index >= 15 is 0 Å². The normalized spacial score (nSPS) is 16.0. The maximum absolute atomic E-state index is 12.0. The van der Waals surface area contributed by atoms with Crippen molar-refractivity contribution in [1.82, 2.24) is 10.2 Å². The van der Waals surface area contributed by atoms with Crippen molar-refractivity contribution in [1.29, 1.82) is 0 Å². The van der Waals surface area contributed by atoms with E-state index in [0.29, 0.717) is 11.6 Å². The number of carbonyl (C=O) groups is 1. The van der Waals surface area contributed by atoms with Crippen molar-refractivity contribution < 1.29 is 17.9 Å². The van der Waals surface area contributed by atoms with E-state index in [9.17, 15) is 13.2 Å². The molecular weight excluding hydrogens is 316 g/mol. The van der Waals surface area contributed by atoms with Crippen molar-refractivity contribution in [2.75, 3.05) is 6.61 Å². The fourth-order valence-electron chi connectivity index (χ4n) is 2.29. The van der Waals surface area contributed by atoms with Gasteiger partial charge in [0.1, 0.15) is 4.90 Å². The summed E-state index contributed by atoms with van der Waals surface area (Å²) in [5.41, 5.74) is 0.0539. The Bertz CT molecular complexity index is 620. The van der Waals surface area contributed by atoms with E-state index in [2.05, 4.69) is 10.2 Å². The first kappa shape index (κ1) is 16.3. The molecule has 21 heavy (non-hydrogen) atoms. The number of halogens is 1. The van der Waals surface area contributed by atoms with Crippen LogP contribution in [0.4, 0.5) is 0 Å². The Labute approximate surface area is 128 Å². The summed E-state index contributed by atoms with van der Waals surface area (Å²) in [7, 11) is 1.35. The molecule has 0 aromatic carbocycles. The molecule has 0 radical (unpaired) electrons. The molecule has 1 N–H and O–H groups in total. The number of hydrogen-bond acceptors (Lipinski definition) is 5. The van der Waals surface area contributed by atoms with Gasteiger partial charge < -0.3 is 4.74 Å². The van der Waals surface area contributed by atoms with E-state index in [1.54, 1.807) is 13.8 Å². The maximum Gasteiger partial charge on any atom is 0.360 e. The standard InChI is InChI=1S/C13H19ClN2O4S/c1-8(2)10-12(21(14,18)19)11(16-15-10)13(17)20-7-6-9-4-3-5-9/h8-9H,3-7H2,1-2H3,(H,15,16). The molecule has 1 aliphatic rings. The van der Waals surface area contributed by atoms with Crippen LogP contribution in [0.3, 0.4) is 0 Å². The predicted molar refractivity (Wildman–Crippen MR) is 78.0 cm³/mol. The molecule has 2 rings (SSSR count). The van der Waals surface area contributed by atoms with E-state index < -0.39 is 15.0 Å². The summed E-state index contributed by atoms with van der Waals surface area (Å²) in [5.74, 6) is -0.298. The van der Waals surface area contributed by atoms with Crippen LogP contribution in [-0.4, -0.2) is 31.2 Å². The first-order chi connectivity index (χ1) is 9.80. The fourth-order valence-corrected chi connectivity index (χ4v) is 3.66. The van der Waals surface area contributed by atoms with Crippen LogP contribution in [0.5, 0.6) is 0 Å². The first-order valence-electron chi connectivity index (χ1n) is 7.00. The molecule has 0 unspecified atom stereocenters. The SMILES string of the molecule is CC(C)c1[nH]nc(C(=O)OCCC2CCC2)c1S(=O)(=O)Cl. The zero-order valence-corrected chi connectivity index (χ0v) is 13.6. The quantitative estimate of drug-likeness (QED) is 0.638. The van der Waals surface area contributed by atoms with Gasteiger partial charge in [-0.2, -0.15) is 5.10 Å². The van der Waals surface area contributed by atoms with E-state index in [1.807, 2.05) is 0 Å². The first-order valence-corrected chi connectivity index (χ1v) is 9.31. The van der Waals surface area contributed by atoms with Crippen LogP contribution in [-0.2, 0) is 13.8 Å². The smallest absolute Gasteiger partial charge is 0.360 e. The van der Waals surface area contributed by atoms with Crippen LogP contribution in [0, 0.1) is 5.92 Å². The highest BCUT2D eigenvalue weighted by atomic mass is 35.7. The molecule has 0 saturated heterocycles. The number of rotatable bonds is 6. The Balaban J connectivity index is 2.12. The second-order valence-electron chi connectivity index (χ2n) is 5.63. The Morgan fingerprint density at radius 2 is 2.14 bits per heavy atom. The van der Waals surface area contributed by atoms with Crippen LogP contribution in [0.25, 0.3) is 0 Å². The number of ether oxygens (including phenoxy) is 1. The average molecular weight is 335 g/mol. The van der Waals surface area contributed by atoms with Crippen molar-refractivity contribution in [2.45, 2.75) is 50.3 Å². The van der Waals surface area contributed by atoms with Gasteiger partial charge in [-0.25, -0.2) is 13.2 Å². The molecule has 1 saturated carbocycles. The molecule has 0 atom stereocenters. The van der Waals surface area contributed by atoms with Crippen LogP contribution in [0.15, 0.2) is 4.90 Å². The van der Waals surface area contributed by atoms with Crippen molar-refractivity contribution in [3.05, 3.63) is 11.4 Å². The van der Waals surface area contributed by atoms with E-state index in [1.165, 1.54) is 19.3 Å². The van der Waals surface area contributed by atoms with Crippen LogP contribution in [0.2, 0.25) is 0 Å². The molecule has 1 heterocycles. The van der Waals surface area contributed by atoms with E-state index in [-0.39, 0.29) is 23.1 Å². The summed E-state index contributed by atoms with van der Waals surface area (Å²) in [6.45, 7) is 3.84. The van der Waals surface area contributed by atoms with Crippen molar-refractivity contribution in [3.8, 4) is 0 Å². The lowest BCUT2D eigenvalue weighted by atomic mass is 9.83. The van der Waals surface area contributed by atoms with Gasteiger partial charge in [0, 0.05) is 10.7 Å². The van der Waals surface area contributed by atoms with Crippen LogP contribution >= 0.6 is 10.7 Å². The van der Waals surface area contributed by atoms with Gasteiger partial charge in [0.25, 0.3) is 9.05 Å². The zero-order valence-electron chi connectivity index (χ0n) is 12.1. The largest absolute Gasteiger partial charge is 0.461 e. The van der Waals surface area contributed by atoms with Crippen molar-refractivity contribution in [3.63, 3.8) is 0 Å². The number of aromatic nitrogens is 2. The highest BCUT2D eigenvalue weighted by molar-refractivity contribution is 8.13. The minimum Gasteiger partial charge on any atom is -0.461 e. The highest BCUT2D eigenvalue weighted by Crippen LogP contribution is 2.30. The predicted octanol–water partition coefficient (Wildman–Crippen LogP) is 2.81. The van der Waals surface area contributed by atoms with E-state index in [4.69, 9.17) is 15.4 Å². The summed E-state index contributed by atoms with van der Waals surface area (Å²) < 4.78 is 28.5. The Kier molecular flexibility index (Phi) is 4.93. The van der Waals surface area contributed by atoms with Gasteiger partial charge in [0.2, 0.25) is 0 Å². The van der Waals surface area contributed by atoms with Gasteiger partial charge >= 0.3 is 5.97 Å². The number of hydrogen-bond donors (Lipinski definition) is 1. The average Bonchev–Trinajstić information content (AvgIpc) is 2.76. The van der Waals surface area contributed by atoms with Gasteiger partial charge in [-0.1, -0.05) is 33.1 Å². The molecule has 1 fully saturated rings. The number of aromatic amines is 1. The molecule has 0 bridgehead atoms. The molecule has 8 heteroatoms. The molecule has 0 aliphatic heterocycles. The van der Waals surface area contributed by atoms with E-state index in [0.717, 1.165) is 6.42 Å². The summed E-state index contributed by atoms with van der Waals surface area (Å²) >= 11 is 0. The monoisotopic (exact) mass is 334 g/mol. The minimum absolute atomic E-state index is 0.155. The van der Waals surface area contributed by atoms with Gasteiger partial charge in [-0.15, -0.1) is 0 Å². The van der Waals surface area contributed by atoms with Gasteiger partial charge in [0.05, 0.1) is 12.3 Å². The fraction of sp³-hybridized carbons (Fsp3) is 0.692. The number of H-pyrrole nitrogens is 1. The minimum atomic E-state index is -4.07. The Morgan fingerprint density at radius 1 is 1.48 bits per heavy atom. The Morgan fingerprint density at radius 3 is 2.62 bits per heavy atom. The molecule has 1 aromatic heterocycles. The third-order valence-corrected chi connectivity index (χ3v) is 5.11. The molecule has 0 spiro atoms. The lowest BCUT2D eigenvalue weighted by molar-refractivity contribution is 0.0453. The lowest BCUT2D eigenvalue weighted by Crippen LogP contribution is -2.16. The Hall–Kier alpha value is -1.08. The van der Waals surface area contributed by atoms with Crippen LogP contribution in [0.1, 0.15) is 61.6 Å². The van der Waals surface area contributed by atoms with Crippen LogP contribution < -0.4 is 0 Å². The molecule has 1 aliphatic carbocycles. The van der Waals surface area contributed by atoms with Gasteiger partial charge in [-0.3, -0.25) is 5.10 Å². The summed E-state index contributed by atoms with van der Waals surface area (Å²) in [4.78, 5) is 11.7. The maximum atomic E-state index is 12.0. The van der Waals surface area contributed by atoms with Crippen molar-refractivity contribution >= 4 is 25.7 Å². The summed E-state index contributed by atoms with van der Waals surface area (Å²) in [6.07, 6.45) is 4.36.